The number of carbonyl (C=O) groups excluding carboxylic acids is 3. The molecule has 2 aliphatic rings. The van der Waals surface area contributed by atoms with Crippen molar-refractivity contribution < 1.29 is 28.6 Å². The summed E-state index contributed by atoms with van der Waals surface area (Å²) in [6, 6.07) is 15.3. The van der Waals surface area contributed by atoms with Gasteiger partial charge in [-0.1, -0.05) is 18.2 Å². The summed E-state index contributed by atoms with van der Waals surface area (Å²) in [5.41, 5.74) is 0.214. The fraction of sp³-hybridized carbons (Fsp3) is 0.375. The van der Waals surface area contributed by atoms with Gasteiger partial charge in [0.2, 0.25) is 5.91 Å². The molecule has 2 aromatic carbocycles. The van der Waals surface area contributed by atoms with E-state index in [1.165, 1.54) is 7.11 Å². The highest BCUT2D eigenvalue weighted by atomic mass is 16.5. The van der Waals surface area contributed by atoms with Crippen LogP contribution in [-0.4, -0.2) is 62.1 Å². The number of benzene rings is 2. The zero-order valence-corrected chi connectivity index (χ0v) is 18.1. The van der Waals surface area contributed by atoms with Crippen molar-refractivity contribution >= 4 is 17.8 Å². The Hall–Kier alpha value is -3.39. The van der Waals surface area contributed by atoms with Crippen LogP contribution in [0.15, 0.2) is 54.6 Å². The average molecular weight is 438 g/mol. The number of nitrogens with zero attached hydrogens (tertiary/aromatic N) is 1. The number of amides is 2. The topological polar surface area (TPSA) is 94.2 Å². The Balaban J connectivity index is 1.35. The molecule has 32 heavy (non-hydrogen) atoms. The standard InChI is InChI=1S/C24H26N2O6/c1-30-15-24-12-19(23(29)31-2)26(20(24)13-24)21(27)14-25-22(28)16-8-10-18(11-9-16)32-17-6-4-3-5-7-17/h3-11,19-20H,12-15H2,1-2H3,(H,25,28)/t19-,20-,24+/m0/s1. The van der Waals surface area contributed by atoms with Crippen molar-refractivity contribution in [3.8, 4) is 11.5 Å². The lowest BCUT2D eigenvalue weighted by Gasteiger charge is -2.25. The van der Waals surface area contributed by atoms with Gasteiger partial charge in [-0.25, -0.2) is 4.79 Å². The molecule has 2 aromatic rings. The third-order valence-corrected chi connectivity index (χ3v) is 6.11. The summed E-state index contributed by atoms with van der Waals surface area (Å²) in [5, 5.41) is 2.65. The fourth-order valence-corrected chi connectivity index (χ4v) is 4.47. The van der Waals surface area contributed by atoms with Crippen molar-refractivity contribution in [2.24, 2.45) is 5.41 Å². The summed E-state index contributed by atoms with van der Waals surface area (Å²) in [5.74, 6) is 0.174. The van der Waals surface area contributed by atoms with Gasteiger partial charge >= 0.3 is 5.97 Å². The molecule has 4 rings (SSSR count). The van der Waals surface area contributed by atoms with Crippen LogP contribution in [0.1, 0.15) is 23.2 Å². The Bertz CT molecular complexity index is 993. The maximum absolute atomic E-state index is 12.9. The van der Waals surface area contributed by atoms with Crippen LogP contribution in [0.4, 0.5) is 0 Å². The van der Waals surface area contributed by atoms with E-state index < -0.39 is 12.0 Å². The van der Waals surface area contributed by atoms with Crippen LogP contribution in [0.3, 0.4) is 0 Å². The predicted octanol–water partition coefficient (Wildman–Crippen LogP) is 2.39. The molecule has 0 aromatic heterocycles. The van der Waals surface area contributed by atoms with Gasteiger partial charge in [-0.15, -0.1) is 0 Å². The molecule has 1 saturated heterocycles. The van der Waals surface area contributed by atoms with E-state index in [9.17, 15) is 14.4 Å². The summed E-state index contributed by atoms with van der Waals surface area (Å²) in [7, 11) is 2.92. The molecule has 1 aliphatic carbocycles. The summed E-state index contributed by atoms with van der Waals surface area (Å²) in [4.78, 5) is 39.2. The van der Waals surface area contributed by atoms with Crippen molar-refractivity contribution in [3.63, 3.8) is 0 Å². The molecule has 3 atom stereocenters. The molecule has 1 heterocycles. The molecule has 168 valence electrons. The van der Waals surface area contributed by atoms with Crippen molar-refractivity contribution in [1.29, 1.82) is 0 Å². The normalized spacial score (nSPS) is 23.2. The number of para-hydroxylation sites is 1. The van der Waals surface area contributed by atoms with Crippen molar-refractivity contribution in [1.82, 2.24) is 10.2 Å². The lowest BCUT2D eigenvalue weighted by Crippen LogP contribution is -2.47. The minimum Gasteiger partial charge on any atom is -0.467 e. The lowest BCUT2D eigenvalue weighted by atomic mass is 10.0. The summed E-state index contributed by atoms with van der Waals surface area (Å²) >= 11 is 0. The minimum absolute atomic E-state index is 0.0645. The van der Waals surface area contributed by atoms with Crippen LogP contribution < -0.4 is 10.1 Å². The third-order valence-electron chi connectivity index (χ3n) is 6.11. The molecule has 8 nitrogen and oxygen atoms in total. The molecule has 1 aliphatic heterocycles. The van der Waals surface area contributed by atoms with E-state index in [2.05, 4.69) is 5.32 Å². The number of carbonyl (C=O) groups is 3. The van der Waals surface area contributed by atoms with Crippen molar-refractivity contribution in [2.75, 3.05) is 27.4 Å². The zero-order valence-electron chi connectivity index (χ0n) is 18.1. The number of likely N-dealkylation sites (tertiary alicyclic amines) is 1. The van der Waals surface area contributed by atoms with E-state index in [0.717, 1.165) is 6.42 Å². The van der Waals surface area contributed by atoms with Crippen LogP contribution in [0.2, 0.25) is 0 Å². The average Bonchev–Trinajstić information content (AvgIpc) is 3.41. The Morgan fingerprint density at radius 2 is 1.69 bits per heavy atom. The molecular weight excluding hydrogens is 412 g/mol. The molecule has 2 amide bonds. The number of hydrogen-bond acceptors (Lipinski definition) is 6. The van der Waals surface area contributed by atoms with Gasteiger partial charge in [-0.2, -0.15) is 0 Å². The first-order valence-corrected chi connectivity index (χ1v) is 10.5. The van der Waals surface area contributed by atoms with Gasteiger partial charge in [-0.05, 0) is 49.2 Å². The number of rotatable bonds is 8. The van der Waals surface area contributed by atoms with Gasteiger partial charge in [0, 0.05) is 24.1 Å². The highest BCUT2D eigenvalue weighted by Gasteiger charge is 2.67. The number of piperidine rings is 1. The van der Waals surface area contributed by atoms with Crippen LogP contribution in [0.5, 0.6) is 11.5 Å². The number of hydrogen-bond donors (Lipinski definition) is 1. The summed E-state index contributed by atoms with van der Waals surface area (Å²) in [6.07, 6.45) is 1.30. The quantitative estimate of drug-likeness (QED) is 0.636. The number of fused-ring (bicyclic) bond motifs is 1. The lowest BCUT2D eigenvalue weighted by molar-refractivity contribution is -0.151. The summed E-state index contributed by atoms with van der Waals surface area (Å²) in [6.45, 7) is 0.285. The number of ether oxygens (including phenoxy) is 3. The minimum atomic E-state index is -0.646. The van der Waals surface area contributed by atoms with Crippen LogP contribution >= 0.6 is 0 Å². The summed E-state index contributed by atoms with van der Waals surface area (Å²) < 4.78 is 15.9. The van der Waals surface area contributed by atoms with Crippen LogP contribution in [0.25, 0.3) is 0 Å². The van der Waals surface area contributed by atoms with Crippen LogP contribution in [-0.2, 0) is 19.1 Å². The molecule has 1 saturated carbocycles. The van der Waals surface area contributed by atoms with E-state index in [-0.39, 0.29) is 29.8 Å². The molecule has 8 heteroatoms. The molecule has 0 unspecified atom stereocenters. The van der Waals surface area contributed by atoms with Gasteiger partial charge in [0.1, 0.15) is 17.5 Å². The van der Waals surface area contributed by atoms with Crippen molar-refractivity contribution in [2.45, 2.75) is 24.9 Å². The van der Waals surface area contributed by atoms with E-state index in [0.29, 0.717) is 30.1 Å². The molecule has 0 radical (unpaired) electrons. The monoisotopic (exact) mass is 438 g/mol. The van der Waals surface area contributed by atoms with Gasteiger partial charge in [-0.3, -0.25) is 9.59 Å². The zero-order chi connectivity index (χ0) is 22.7. The number of nitrogens with one attached hydrogen (secondary N) is 1. The van der Waals surface area contributed by atoms with E-state index in [1.807, 2.05) is 30.3 Å². The molecule has 0 bridgehead atoms. The van der Waals surface area contributed by atoms with Crippen molar-refractivity contribution in [3.05, 3.63) is 60.2 Å². The smallest absolute Gasteiger partial charge is 0.328 e. The fourth-order valence-electron chi connectivity index (χ4n) is 4.47. The van der Waals surface area contributed by atoms with Crippen LogP contribution in [0, 0.1) is 5.41 Å². The first kappa shape index (κ1) is 21.8. The molecule has 2 fully saturated rings. The maximum atomic E-state index is 12.9. The largest absolute Gasteiger partial charge is 0.467 e. The first-order valence-electron chi connectivity index (χ1n) is 10.5. The maximum Gasteiger partial charge on any atom is 0.328 e. The SMILES string of the molecule is COC[C@@]12C[C@@H]1N(C(=O)CNC(=O)c1ccc(Oc3ccccc3)cc1)[C@H](C(=O)OC)C2. The third kappa shape index (κ3) is 4.31. The predicted molar refractivity (Wildman–Crippen MR) is 115 cm³/mol. The highest BCUT2D eigenvalue weighted by molar-refractivity contribution is 5.97. The van der Waals surface area contributed by atoms with Gasteiger partial charge in [0.15, 0.2) is 0 Å². The first-order chi connectivity index (χ1) is 15.5. The van der Waals surface area contributed by atoms with E-state index in [4.69, 9.17) is 14.2 Å². The van der Waals surface area contributed by atoms with Gasteiger partial charge < -0.3 is 24.4 Å². The Kier molecular flexibility index (Phi) is 6.14. The second kappa shape index (κ2) is 9.00. The Morgan fingerprint density at radius 1 is 1.00 bits per heavy atom. The molecular formula is C24H26N2O6. The van der Waals surface area contributed by atoms with E-state index in [1.54, 1.807) is 36.3 Å². The van der Waals surface area contributed by atoms with Gasteiger partial charge in [0.25, 0.3) is 5.91 Å². The number of methoxy groups -OCH3 is 2. The Morgan fingerprint density at radius 3 is 2.34 bits per heavy atom. The second-order valence-corrected chi connectivity index (χ2v) is 8.18. The Labute approximate surface area is 186 Å². The second-order valence-electron chi connectivity index (χ2n) is 8.18. The number of esters is 1. The van der Waals surface area contributed by atoms with E-state index >= 15 is 0 Å². The molecule has 0 spiro atoms. The highest BCUT2D eigenvalue weighted by Crippen LogP contribution is 2.59. The van der Waals surface area contributed by atoms with Gasteiger partial charge in [0.05, 0.1) is 20.3 Å². The molecule has 1 N–H and O–H groups in total.